The summed E-state index contributed by atoms with van der Waals surface area (Å²) in [7, 11) is 0. The van der Waals surface area contributed by atoms with Crippen LogP contribution in [0, 0.1) is 0 Å². The van der Waals surface area contributed by atoms with Crippen molar-refractivity contribution >= 4 is 16.6 Å². The second-order valence-corrected chi connectivity index (χ2v) is 5.71. The third kappa shape index (κ3) is 1.64. The summed E-state index contributed by atoms with van der Waals surface area (Å²) < 4.78 is 1.78. The Labute approximate surface area is 132 Å². The van der Waals surface area contributed by atoms with Gasteiger partial charge in [-0.3, -0.25) is 4.79 Å². The summed E-state index contributed by atoms with van der Waals surface area (Å²) in [5.74, 6) is 0.0477. The highest BCUT2D eigenvalue weighted by Crippen LogP contribution is 2.38. The number of aromatic nitrogens is 2. The van der Waals surface area contributed by atoms with E-state index in [-0.39, 0.29) is 5.78 Å². The SMILES string of the molecule is O=C1c2cn(-c3ccccc3)nc2-c2cccc3cccc1c23. The lowest BCUT2D eigenvalue weighted by Crippen LogP contribution is -2.08. The zero-order chi connectivity index (χ0) is 15.4. The van der Waals surface area contributed by atoms with Crippen LogP contribution in [0.2, 0.25) is 0 Å². The van der Waals surface area contributed by atoms with Gasteiger partial charge in [0.2, 0.25) is 0 Å². The maximum absolute atomic E-state index is 12.9. The van der Waals surface area contributed by atoms with Crippen LogP contribution in [0.5, 0.6) is 0 Å². The summed E-state index contributed by atoms with van der Waals surface area (Å²) in [6, 6.07) is 21.8. The van der Waals surface area contributed by atoms with Crippen LogP contribution >= 0.6 is 0 Å². The Kier molecular flexibility index (Phi) is 2.36. The average molecular weight is 296 g/mol. The highest BCUT2D eigenvalue weighted by Gasteiger charge is 2.28. The fourth-order valence-corrected chi connectivity index (χ4v) is 3.32. The minimum Gasteiger partial charge on any atom is -0.288 e. The van der Waals surface area contributed by atoms with Crippen LogP contribution in [0.1, 0.15) is 15.9 Å². The molecule has 0 saturated carbocycles. The quantitative estimate of drug-likeness (QED) is 0.464. The Morgan fingerprint density at radius 3 is 2.26 bits per heavy atom. The number of rotatable bonds is 1. The van der Waals surface area contributed by atoms with Gasteiger partial charge in [-0.2, -0.15) is 5.10 Å². The van der Waals surface area contributed by atoms with E-state index in [1.54, 1.807) is 4.68 Å². The Hall–Kier alpha value is -3.20. The van der Waals surface area contributed by atoms with Crippen molar-refractivity contribution in [3.63, 3.8) is 0 Å². The van der Waals surface area contributed by atoms with Crippen molar-refractivity contribution in [1.82, 2.24) is 9.78 Å². The van der Waals surface area contributed by atoms with Gasteiger partial charge in [-0.25, -0.2) is 4.68 Å². The first-order valence-corrected chi connectivity index (χ1v) is 7.55. The summed E-state index contributed by atoms with van der Waals surface area (Å²) in [5.41, 5.74) is 4.18. The van der Waals surface area contributed by atoms with Gasteiger partial charge in [0.1, 0.15) is 5.69 Å². The first kappa shape index (κ1) is 12.4. The standard InChI is InChI=1S/C20H12N2O/c23-20-16-11-5-7-13-6-4-10-15(18(13)16)19-17(20)12-22(21-19)14-8-2-1-3-9-14/h1-12H. The van der Waals surface area contributed by atoms with E-state index in [9.17, 15) is 4.79 Å². The zero-order valence-corrected chi connectivity index (χ0v) is 12.2. The fourth-order valence-electron chi connectivity index (χ4n) is 3.32. The monoisotopic (exact) mass is 296 g/mol. The molecule has 4 aromatic rings. The van der Waals surface area contributed by atoms with Gasteiger partial charge in [-0.1, -0.05) is 54.6 Å². The number of nitrogens with zero attached hydrogens (tertiary/aromatic N) is 2. The largest absolute Gasteiger partial charge is 0.288 e. The molecule has 0 spiro atoms. The maximum atomic E-state index is 12.9. The molecule has 1 aliphatic rings. The Morgan fingerprint density at radius 2 is 1.48 bits per heavy atom. The molecule has 1 aliphatic carbocycles. The number of carbonyl (C=O) groups excluding carboxylic acids is 1. The minimum absolute atomic E-state index is 0.0477. The highest BCUT2D eigenvalue weighted by atomic mass is 16.1. The molecule has 1 aromatic heterocycles. The molecule has 0 N–H and O–H groups in total. The lowest BCUT2D eigenvalue weighted by molar-refractivity contribution is 0.104. The van der Waals surface area contributed by atoms with Crippen LogP contribution in [0.15, 0.2) is 72.9 Å². The molecule has 0 bridgehead atoms. The van der Waals surface area contributed by atoms with Gasteiger partial charge >= 0.3 is 0 Å². The van der Waals surface area contributed by atoms with Crippen LogP contribution < -0.4 is 0 Å². The van der Waals surface area contributed by atoms with E-state index in [1.165, 1.54) is 0 Å². The third-order valence-electron chi connectivity index (χ3n) is 4.38. The summed E-state index contributed by atoms with van der Waals surface area (Å²) in [6.07, 6.45) is 1.84. The molecule has 0 aliphatic heterocycles. The number of carbonyl (C=O) groups is 1. The number of hydrogen-bond acceptors (Lipinski definition) is 2. The molecular formula is C20H12N2O. The van der Waals surface area contributed by atoms with Crippen molar-refractivity contribution in [1.29, 1.82) is 0 Å². The van der Waals surface area contributed by atoms with E-state index in [4.69, 9.17) is 5.10 Å². The van der Waals surface area contributed by atoms with Gasteiger partial charge in [-0.05, 0) is 17.5 Å². The number of fused-ring (bicyclic) bond motifs is 2. The summed E-state index contributed by atoms with van der Waals surface area (Å²) in [6.45, 7) is 0. The number of benzene rings is 3. The van der Waals surface area contributed by atoms with E-state index in [0.29, 0.717) is 5.56 Å². The fraction of sp³-hybridized carbons (Fsp3) is 0. The molecule has 3 nitrogen and oxygen atoms in total. The molecule has 5 rings (SSSR count). The smallest absolute Gasteiger partial charge is 0.197 e. The first-order chi connectivity index (χ1) is 11.3. The predicted octanol–water partition coefficient (Wildman–Crippen LogP) is 4.24. The zero-order valence-electron chi connectivity index (χ0n) is 12.2. The first-order valence-electron chi connectivity index (χ1n) is 7.55. The normalized spacial score (nSPS) is 12.4. The van der Waals surface area contributed by atoms with Crippen LogP contribution in [0.25, 0.3) is 27.7 Å². The molecule has 0 atom stereocenters. The number of para-hydroxylation sites is 1. The van der Waals surface area contributed by atoms with E-state index in [2.05, 4.69) is 0 Å². The molecule has 0 fully saturated rings. The van der Waals surface area contributed by atoms with Gasteiger partial charge < -0.3 is 0 Å². The lowest BCUT2D eigenvalue weighted by Gasteiger charge is -2.15. The van der Waals surface area contributed by atoms with E-state index < -0.39 is 0 Å². The van der Waals surface area contributed by atoms with Gasteiger partial charge in [0.15, 0.2) is 5.78 Å². The molecule has 3 aromatic carbocycles. The Bertz CT molecular complexity index is 1070. The van der Waals surface area contributed by atoms with Crippen molar-refractivity contribution in [3.8, 4) is 16.9 Å². The van der Waals surface area contributed by atoms with E-state index in [1.807, 2.05) is 72.9 Å². The van der Waals surface area contributed by atoms with E-state index >= 15 is 0 Å². The van der Waals surface area contributed by atoms with Crippen LogP contribution in [0.3, 0.4) is 0 Å². The molecule has 0 radical (unpaired) electrons. The van der Waals surface area contributed by atoms with Gasteiger partial charge in [0.25, 0.3) is 0 Å². The van der Waals surface area contributed by atoms with Crippen molar-refractivity contribution in [3.05, 3.63) is 84.1 Å². The molecule has 23 heavy (non-hydrogen) atoms. The second kappa shape index (κ2) is 4.40. The van der Waals surface area contributed by atoms with Crippen molar-refractivity contribution in [2.24, 2.45) is 0 Å². The molecule has 3 heteroatoms. The molecule has 0 unspecified atom stereocenters. The summed E-state index contributed by atoms with van der Waals surface area (Å²) in [5, 5.41) is 6.77. The van der Waals surface area contributed by atoms with Crippen molar-refractivity contribution < 1.29 is 4.79 Å². The minimum atomic E-state index is 0.0477. The van der Waals surface area contributed by atoms with Crippen LogP contribution in [-0.4, -0.2) is 15.6 Å². The van der Waals surface area contributed by atoms with Gasteiger partial charge in [0.05, 0.1) is 11.3 Å². The number of hydrogen-bond donors (Lipinski definition) is 0. The topological polar surface area (TPSA) is 34.9 Å². The second-order valence-electron chi connectivity index (χ2n) is 5.71. The average Bonchev–Trinajstić information content (AvgIpc) is 3.06. The maximum Gasteiger partial charge on any atom is 0.197 e. The van der Waals surface area contributed by atoms with Crippen LogP contribution in [0.4, 0.5) is 0 Å². The Balaban J connectivity index is 1.84. The molecule has 0 saturated heterocycles. The Morgan fingerprint density at radius 1 is 0.739 bits per heavy atom. The van der Waals surface area contributed by atoms with Crippen LogP contribution in [-0.2, 0) is 0 Å². The molecule has 1 heterocycles. The highest BCUT2D eigenvalue weighted by molar-refractivity contribution is 6.25. The third-order valence-corrected chi connectivity index (χ3v) is 4.38. The van der Waals surface area contributed by atoms with Crippen molar-refractivity contribution in [2.75, 3.05) is 0 Å². The summed E-state index contributed by atoms with van der Waals surface area (Å²) >= 11 is 0. The molecular weight excluding hydrogens is 284 g/mol. The lowest BCUT2D eigenvalue weighted by atomic mass is 9.87. The molecule has 108 valence electrons. The molecule has 0 amide bonds. The predicted molar refractivity (Wildman–Crippen MR) is 89.9 cm³/mol. The van der Waals surface area contributed by atoms with Gasteiger partial charge in [0, 0.05) is 22.7 Å². The number of ketones is 1. The van der Waals surface area contributed by atoms with E-state index in [0.717, 1.165) is 33.3 Å². The summed E-state index contributed by atoms with van der Waals surface area (Å²) in [4.78, 5) is 12.9. The van der Waals surface area contributed by atoms with Gasteiger partial charge in [-0.15, -0.1) is 0 Å². The van der Waals surface area contributed by atoms with Crippen molar-refractivity contribution in [2.45, 2.75) is 0 Å².